The summed E-state index contributed by atoms with van der Waals surface area (Å²) in [6, 6.07) is 5.76. The van der Waals surface area contributed by atoms with Gasteiger partial charge in [-0.3, -0.25) is 0 Å². The summed E-state index contributed by atoms with van der Waals surface area (Å²) in [7, 11) is 0. The van der Waals surface area contributed by atoms with Gasteiger partial charge < -0.3 is 5.11 Å². The monoisotopic (exact) mass is 231 g/mol. The van der Waals surface area contributed by atoms with Crippen molar-refractivity contribution in [2.75, 3.05) is 0 Å². The average Bonchev–Trinajstić information content (AvgIpc) is 2.78. The molecule has 0 unspecified atom stereocenters. The van der Waals surface area contributed by atoms with E-state index in [4.69, 9.17) is 5.11 Å². The van der Waals surface area contributed by atoms with Gasteiger partial charge in [-0.25, -0.2) is 9.67 Å². The van der Waals surface area contributed by atoms with Gasteiger partial charge in [-0.1, -0.05) is 19.9 Å². The van der Waals surface area contributed by atoms with Crippen molar-refractivity contribution in [2.24, 2.45) is 0 Å². The Morgan fingerprint density at radius 2 is 2.06 bits per heavy atom. The molecule has 0 aromatic carbocycles. The van der Waals surface area contributed by atoms with Crippen LogP contribution in [-0.2, 0) is 6.61 Å². The SMILES string of the molecule is Cc1nc(-n2ccc(C(C)C)n2)ccc1CO. The van der Waals surface area contributed by atoms with Gasteiger partial charge in [0.2, 0.25) is 0 Å². The summed E-state index contributed by atoms with van der Waals surface area (Å²) in [4.78, 5) is 4.43. The maximum Gasteiger partial charge on any atom is 0.153 e. The minimum atomic E-state index is 0.0233. The minimum Gasteiger partial charge on any atom is -0.392 e. The van der Waals surface area contributed by atoms with Crippen molar-refractivity contribution in [3.05, 3.63) is 41.3 Å². The van der Waals surface area contributed by atoms with Gasteiger partial charge in [-0.05, 0) is 30.5 Å². The van der Waals surface area contributed by atoms with Crippen molar-refractivity contribution < 1.29 is 5.11 Å². The molecule has 0 amide bonds. The zero-order chi connectivity index (χ0) is 12.4. The van der Waals surface area contributed by atoms with Crippen molar-refractivity contribution in [3.63, 3.8) is 0 Å². The molecule has 0 radical (unpaired) electrons. The van der Waals surface area contributed by atoms with Crippen LogP contribution in [0.15, 0.2) is 24.4 Å². The van der Waals surface area contributed by atoms with Crippen molar-refractivity contribution in [1.29, 1.82) is 0 Å². The Balaban J connectivity index is 2.36. The molecule has 0 spiro atoms. The predicted molar refractivity (Wildman–Crippen MR) is 66.1 cm³/mol. The molecule has 0 saturated carbocycles. The van der Waals surface area contributed by atoms with E-state index in [0.29, 0.717) is 5.92 Å². The summed E-state index contributed by atoms with van der Waals surface area (Å²) in [5.74, 6) is 1.20. The first-order valence-corrected chi connectivity index (χ1v) is 5.75. The highest BCUT2D eigenvalue weighted by Gasteiger charge is 2.07. The third-order valence-corrected chi connectivity index (χ3v) is 2.79. The second-order valence-corrected chi connectivity index (χ2v) is 4.41. The molecule has 0 bridgehead atoms. The maximum atomic E-state index is 9.09. The number of aliphatic hydroxyl groups is 1. The smallest absolute Gasteiger partial charge is 0.153 e. The Bertz CT molecular complexity index is 517. The Labute approximate surface area is 101 Å². The van der Waals surface area contributed by atoms with Gasteiger partial charge in [0.25, 0.3) is 0 Å². The average molecular weight is 231 g/mol. The molecule has 2 aromatic rings. The van der Waals surface area contributed by atoms with Gasteiger partial charge in [-0.2, -0.15) is 5.10 Å². The normalized spacial score (nSPS) is 11.1. The lowest BCUT2D eigenvalue weighted by atomic mass is 10.1. The van der Waals surface area contributed by atoms with Crippen LogP contribution in [0.5, 0.6) is 0 Å². The predicted octanol–water partition coefficient (Wildman–Crippen LogP) is 2.19. The first kappa shape index (κ1) is 11.8. The van der Waals surface area contributed by atoms with E-state index in [-0.39, 0.29) is 6.61 Å². The molecule has 4 heteroatoms. The van der Waals surface area contributed by atoms with E-state index in [0.717, 1.165) is 22.8 Å². The minimum absolute atomic E-state index is 0.0233. The lowest BCUT2D eigenvalue weighted by Gasteiger charge is -2.05. The molecule has 17 heavy (non-hydrogen) atoms. The first-order chi connectivity index (χ1) is 8.11. The van der Waals surface area contributed by atoms with Crippen LogP contribution in [0.1, 0.15) is 36.7 Å². The first-order valence-electron chi connectivity index (χ1n) is 5.75. The Hall–Kier alpha value is -1.68. The zero-order valence-corrected chi connectivity index (χ0v) is 10.4. The van der Waals surface area contributed by atoms with Crippen molar-refractivity contribution in [1.82, 2.24) is 14.8 Å². The van der Waals surface area contributed by atoms with Gasteiger partial charge in [0, 0.05) is 11.9 Å². The maximum absolute atomic E-state index is 9.09. The Morgan fingerprint density at radius 3 is 2.59 bits per heavy atom. The molecule has 0 atom stereocenters. The highest BCUT2D eigenvalue weighted by molar-refractivity contribution is 5.29. The molecule has 2 aromatic heterocycles. The molecule has 0 aliphatic rings. The third-order valence-electron chi connectivity index (χ3n) is 2.79. The van der Waals surface area contributed by atoms with Crippen LogP contribution in [0.4, 0.5) is 0 Å². The second kappa shape index (κ2) is 4.67. The van der Waals surface area contributed by atoms with Crippen LogP contribution < -0.4 is 0 Å². The van der Waals surface area contributed by atoms with Crippen molar-refractivity contribution in [2.45, 2.75) is 33.3 Å². The quantitative estimate of drug-likeness (QED) is 0.881. The molecule has 0 fully saturated rings. The largest absolute Gasteiger partial charge is 0.392 e. The van der Waals surface area contributed by atoms with Crippen LogP contribution in [0.25, 0.3) is 5.82 Å². The number of aryl methyl sites for hydroxylation is 1. The van der Waals surface area contributed by atoms with Crippen molar-refractivity contribution >= 4 is 0 Å². The van der Waals surface area contributed by atoms with Gasteiger partial charge in [0.05, 0.1) is 12.3 Å². The highest BCUT2D eigenvalue weighted by Crippen LogP contribution is 2.14. The number of pyridine rings is 1. The van der Waals surface area contributed by atoms with Gasteiger partial charge in [0.15, 0.2) is 5.82 Å². The standard InChI is InChI=1S/C13H17N3O/c1-9(2)12-6-7-16(15-12)13-5-4-11(8-17)10(3)14-13/h4-7,9,17H,8H2,1-3H3. The number of rotatable bonds is 3. The molecular weight excluding hydrogens is 214 g/mol. The summed E-state index contributed by atoms with van der Waals surface area (Å²) in [5, 5.41) is 13.6. The number of aromatic nitrogens is 3. The summed E-state index contributed by atoms with van der Waals surface area (Å²) in [6.07, 6.45) is 1.91. The topological polar surface area (TPSA) is 50.9 Å². The summed E-state index contributed by atoms with van der Waals surface area (Å²) >= 11 is 0. The molecule has 1 N–H and O–H groups in total. The molecule has 0 saturated heterocycles. The molecule has 0 aliphatic heterocycles. The molecule has 2 rings (SSSR count). The molecule has 4 nitrogen and oxygen atoms in total. The van der Waals surface area contributed by atoms with E-state index in [1.165, 1.54) is 0 Å². The molecular formula is C13H17N3O. The number of hydrogen-bond donors (Lipinski definition) is 1. The fraction of sp³-hybridized carbons (Fsp3) is 0.385. The highest BCUT2D eigenvalue weighted by atomic mass is 16.3. The van der Waals surface area contributed by atoms with E-state index in [2.05, 4.69) is 23.9 Å². The van der Waals surface area contributed by atoms with Gasteiger partial charge in [-0.15, -0.1) is 0 Å². The summed E-state index contributed by atoms with van der Waals surface area (Å²) in [6.45, 7) is 6.14. The van der Waals surface area contributed by atoms with E-state index < -0.39 is 0 Å². The Kier molecular flexibility index (Phi) is 3.24. The lowest BCUT2D eigenvalue weighted by molar-refractivity contribution is 0.280. The molecule has 90 valence electrons. The summed E-state index contributed by atoms with van der Waals surface area (Å²) < 4.78 is 1.77. The molecule has 2 heterocycles. The van der Waals surface area contributed by atoms with Crippen LogP contribution in [-0.4, -0.2) is 19.9 Å². The van der Waals surface area contributed by atoms with Gasteiger partial charge in [0.1, 0.15) is 0 Å². The molecule has 0 aliphatic carbocycles. The van der Waals surface area contributed by atoms with E-state index in [9.17, 15) is 0 Å². The number of nitrogens with zero attached hydrogens (tertiary/aromatic N) is 3. The fourth-order valence-corrected chi connectivity index (χ4v) is 1.64. The fourth-order valence-electron chi connectivity index (χ4n) is 1.64. The second-order valence-electron chi connectivity index (χ2n) is 4.41. The summed E-state index contributed by atoms with van der Waals surface area (Å²) in [5.41, 5.74) is 2.74. The number of hydrogen-bond acceptors (Lipinski definition) is 3. The van der Waals surface area contributed by atoms with Crippen LogP contribution >= 0.6 is 0 Å². The number of aliphatic hydroxyl groups excluding tert-OH is 1. The van der Waals surface area contributed by atoms with E-state index >= 15 is 0 Å². The van der Waals surface area contributed by atoms with Crippen LogP contribution in [0.2, 0.25) is 0 Å². The van der Waals surface area contributed by atoms with Crippen LogP contribution in [0, 0.1) is 6.92 Å². The van der Waals surface area contributed by atoms with Crippen LogP contribution in [0.3, 0.4) is 0 Å². The lowest BCUT2D eigenvalue weighted by Crippen LogP contribution is -2.03. The Morgan fingerprint density at radius 1 is 1.29 bits per heavy atom. The van der Waals surface area contributed by atoms with E-state index in [1.807, 2.05) is 31.3 Å². The van der Waals surface area contributed by atoms with Gasteiger partial charge >= 0.3 is 0 Å². The van der Waals surface area contributed by atoms with Crippen molar-refractivity contribution in [3.8, 4) is 5.82 Å². The third kappa shape index (κ3) is 2.36. The zero-order valence-electron chi connectivity index (χ0n) is 10.4. The van der Waals surface area contributed by atoms with E-state index in [1.54, 1.807) is 4.68 Å².